The van der Waals surface area contributed by atoms with Crippen LogP contribution in [0, 0.1) is 0 Å². The van der Waals surface area contributed by atoms with Crippen LogP contribution in [0.5, 0.6) is 5.75 Å². The van der Waals surface area contributed by atoms with Crippen LogP contribution in [0.3, 0.4) is 0 Å². The van der Waals surface area contributed by atoms with Crippen molar-refractivity contribution < 1.29 is 13.5 Å². The first kappa shape index (κ1) is 10.6. The first-order chi connectivity index (χ1) is 6.65. The minimum Gasteiger partial charge on any atom is -0.433 e. The summed E-state index contributed by atoms with van der Waals surface area (Å²) in [5.74, 6) is -0.318. The van der Waals surface area contributed by atoms with Crippen LogP contribution in [0.2, 0.25) is 5.02 Å². The summed E-state index contributed by atoms with van der Waals surface area (Å²) in [5.41, 5.74) is 8.07. The van der Waals surface area contributed by atoms with Gasteiger partial charge in [0.2, 0.25) is 0 Å². The highest BCUT2D eigenvalue weighted by Gasteiger charge is 2.12. The van der Waals surface area contributed by atoms with Crippen LogP contribution < -0.4 is 4.74 Å². The molecule has 0 unspecified atom stereocenters. The van der Waals surface area contributed by atoms with Gasteiger partial charge in [0.15, 0.2) is 5.75 Å². The first-order valence-electron chi connectivity index (χ1n) is 3.43. The molecule has 14 heavy (non-hydrogen) atoms. The summed E-state index contributed by atoms with van der Waals surface area (Å²) in [4.78, 5) is 2.46. The van der Waals surface area contributed by atoms with E-state index in [4.69, 9.17) is 17.1 Å². The van der Waals surface area contributed by atoms with Crippen molar-refractivity contribution in [2.75, 3.05) is 0 Å². The van der Waals surface area contributed by atoms with Crippen LogP contribution in [-0.2, 0) is 0 Å². The average Bonchev–Trinajstić information content (AvgIpc) is 2.11. The number of rotatable bonds is 3. The van der Waals surface area contributed by atoms with Gasteiger partial charge in [-0.2, -0.15) is 8.78 Å². The zero-order chi connectivity index (χ0) is 10.6. The third kappa shape index (κ3) is 2.48. The lowest BCUT2D eigenvalue weighted by molar-refractivity contribution is -0.0493. The number of hydrogen-bond donors (Lipinski definition) is 0. The summed E-state index contributed by atoms with van der Waals surface area (Å²) in [6, 6.07) is 4.14. The summed E-state index contributed by atoms with van der Waals surface area (Å²) in [5, 5.41) is 3.13. The molecule has 1 aromatic carbocycles. The molecule has 0 fully saturated rings. The Balaban J connectivity index is 3.14. The van der Waals surface area contributed by atoms with E-state index in [9.17, 15) is 8.78 Å². The van der Waals surface area contributed by atoms with E-state index in [-0.39, 0.29) is 16.5 Å². The van der Waals surface area contributed by atoms with Gasteiger partial charge in [-0.1, -0.05) is 22.8 Å². The van der Waals surface area contributed by atoms with E-state index in [1.807, 2.05) is 0 Å². The second-order valence-electron chi connectivity index (χ2n) is 2.16. The van der Waals surface area contributed by atoms with E-state index >= 15 is 0 Å². The zero-order valence-electron chi connectivity index (χ0n) is 6.69. The summed E-state index contributed by atoms with van der Waals surface area (Å²) in [6.07, 6.45) is 0. The van der Waals surface area contributed by atoms with Gasteiger partial charge < -0.3 is 4.74 Å². The largest absolute Gasteiger partial charge is 0.433 e. The van der Waals surface area contributed by atoms with Crippen LogP contribution in [-0.4, -0.2) is 6.61 Å². The van der Waals surface area contributed by atoms with Crippen LogP contribution in [0.1, 0.15) is 0 Å². The number of alkyl halides is 2. The fourth-order valence-corrected chi connectivity index (χ4v) is 1.04. The molecule has 0 aliphatic carbocycles. The Bertz CT molecular complexity index is 379. The maximum atomic E-state index is 11.9. The number of ether oxygens (including phenoxy) is 1. The SMILES string of the molecule is [N-]=[N+]=Nc1cccc(Cl)c1OC(F)F. The van der Waals surface area contributed by atoms with Gasteiger partial charge in [0.25, 0.3) is 0 Å². The molecule has 0 N–H and O–H groups in total. The van der Waals surface area contributed by atoms with Gasteiger partial charge in [-0.15, -0.1) is 0 Å². The van der Waals surface area contributed by atoms with Crippen molar-refractivity contribution in [1.82, 2.24) is 0 Å². The number of halogens is 3. The van der Waals surface area contributed by atoms with Crippen molar-refractivity contribution in [3.63, 3.8) is 0 Å². The molecule has 0 saturated carbocycles. The fourth-order valence-electron chi connectivity index (χ4n) is 0.830. The second-order valence-corrected chi connectivity index (χ2v) is 2.56. The Morgan fingerprint density at radius 3 is 2.79 bits per heavy atom. The number of benzene rings is 1. The molecule has 74 valence electrons. The zero-order valence-corrected chi connectivity index (χ0v) is 7.45. The van der Waals surface area contributed by atoms with E-state index in [1.54, 1.807) is 0 Å². The lowest BCUT2D eigenvalue weighted by Gasteiger charge is -2.08. The van der Waals surface area contributed by atoms with Crippen molar-refractivity contribution in [3.8, 4) is 5.75 Å². The molecule has 0 aliphatic rings. The van der Waals surface area contributed by atoms with Crippen molar-refractivity contribution >= 4 is 17.3 Å². The molecule has 0 radical (unpaired) electrons. The number of azide groups is 1. The highest BCUT2D eigenvalue weighted by Crippen LogP contribution is 2.36. The number of nitrogens with zero attached hydrogens (tertiary/aromatic N) is 3. The molecule has 1 aromatic rings. The molecule has 0 aliphatic heterocycles. The molecule has 7 heteroatoms. The van der Waals surface area contributed by atoms with Gasteiger partial charge >= 0.3 is 6.61 Å². The maximum Gasteiger partial charge on any atom is 0.387 e. The molecule has 4 nitrogen and oxygen atoms in total. The molecule has 0 bridgehead atoms. The lowest BCUT2D eigenvalue weighted by atomic mass is 10.3. The van der Waals surface area contributed by atoms with E-state index in [0.29, 0.717) is 0 Å². The Labute approximate surface area is 82.7 Å². The highest BCUT2D eigenvalue weighted by atomic mass is 35.5. The predicted molar refractivity (Wildman–Crippen MR) is 46.9 cm³/mol. The number of para-hydroxylation sites is 1. The van der Waals surface area contributed by atoms with E-state index in [0.717, 1.165) is 0 Å². The van der Waals surface area contributed by atoms with Crippen molar-refractivity contribution in [1.29, 1.82) is 0 Å². The van der Waals surface area contributed by atoms with E-state index in [2.05, 4.69) is 14.8 Å². The maximum absolute atomic E-state index is 11.9. The molecule has 0 amide bonds. The lowest BCUT2D eigenvalue weighted by Crippen LogP contribution is -2.02. The molecule has 0 aromatic heterocycles. The summed E-state index contributed by atoms with van der Waals surface area (Å²) in [7, 11) is 0. The Morgan fingerprint density at radius 2 is 2.21 bits per heavy atom. The van der Waals surface area contributed by atoms with Crippen LogP contribution in [0.15, 0.2) is 23.3 Å². The third-order valence-electron chi connectivity index (χ3n) is 1.31. The highest BCUT2D eigenvalue weighted by molar-refractivity contribution is 6.32. The molecular weight excluding hydrogens is 216 g/mol. The van der Waals surface area contributed by atoms with Gasteiger partial charge in [-0.05, 0) is 17.7 Å². The number of hydrogen-bond acceptors (Lipinski definition) is 2. The van der Waals surface area contributed by atoms with E-state index < -0.39 is 6.61 Å². The van der Waals surface area contributed by atoms with Crippen LogP contribution >= 0.6 is 11.6 Å². The standard InChI is InChI=1S/C7H4ClF2N3O/c8-4-2-1-3-5(12-13-11)6(4)14-7(9)10/h1-3,7H. The van der Waals surface area contributed by atoms with Gasteiger partial charge in [0, 0.05) is 4.91 Å². The van der Waals surface area contributed by atoms with Crippen molar-refractivity contribution in [3.05, 3.63) is 33.7 Å². The van der Waals surface area contributed by atoms with Crippen molar-refractivity contribution in [2.45, 2.75) is 6.61 Å². The monoisotopic (exact) mass is 219 g/mol. The van der Waals surface area contributed by atoms with Gasteiger partial charge in [-0.3, -0.25) is 0 Å². The molecule has 0 saturated heterocycles. The topological polar surface area (TPSA) is 58.0 Å². The molecule has 0 spiro atoms. The molecule has 0 atom stereocenters. The van der Waals surface area contributed by atoms with Crippen LogP contribution in [0.4, 0.5) is 14.5 Å². The van der Waals surface area contributed by atoms with E-state index in [1.165, 1.54) is 18.2 Å². The van der Waals surface area contributed by atoms with Gasteiger partial charge in [0.1, 0.15) is 0 Å². The van der Waals surface area contributed by atoms with Gasteiger partial charge in [-0.25, -0.2) is 0 Å². The summed E-state index contributed by atoms with van der Waals surface area (Å²) < 4.78 is 27.9. The quantitative estimate of drug-likeness (QED) is 0.432. The van der Waals surface area contributed by atoms with Crippen molar-refractivity contribution in [2.24, 2.45) is 5.11 Å². The Kier molecular flexibility index (Phi) is 3.50. The molecular formula is C7H4ClF2N3O. The minimum absolute atomic E-state index is 0.0322. The fraction of sp³-hybridized carbons (Fsp3) is 0.143. The minimum atomic E-state index is -3.01. The Morgan fingerprint density at radius 1 is 1.50 bits per heavy atom. The first-order valence-corrected chi connectivity index (χ1v) is 3.81. The summed E-state index contributed by atoms with van der Waals surface area (Å²) >= 11 is 5.57. The summed E-state index contributed by atoms with van der Waals surface area (Å²) in [6.45, 7) is -3.01. The molecule has 0 heterocycles. The van der Waals surface area contributed by atoms with Gasteiger partial charge in [0.05, 0.1) is 10.7 Å². The average molecular weight is 220 g/mol. The molecule has 1 rings (SSSR count). The predicted octanol–water partition coefficient (Wildman–Crippen LogP) is 3.88. The normalized spacial score (nSPS) is 9.71. The second kappa shape index (κ2) is 4.64. The third-order valence-corrected chi connectivity index (χ3v) is 1.60. The smallest absolute Gasteiger partial charge is 0.387 e. The Hall–Kier alpha value is -1.52. The van der Waals surface area contributed by atoms with Crippen LogP contribution in [0.25, 0.3) is 10.4 Å².